The maximum absolute atomic E-state index is 13.3. The average molecular weight is 532 g/mol. The van der Waals surface area contributed by atoms with Crippen molar-refractivity contribution in [1.29, 1.82) is 0 Å². The quantitative estimate of drug-likeness (QED) is 0.442. The Hall–Kier alpha value is -4.05. The third kappa shape index (κ3) is 5.17. The van der Waals surface area contributed by atoms with E-state index in [-0.39, 0.29) is 11.8 Å². The smallest absolute Gasteiger partial charge is 0.264 e. The third-order valence-corrected chi connectivity index (χ3v) is 7.57. The molecule has 0 radical (unpaired) electrons. The molecule has 0 atom stereocenters. The molecule has 196 valence electrons. The number of fused-ring (bicyclic) bond motifs is 1. The van der Waals surface area contributed by atoms with Crippen LogP contribution >= 0.6 is 11.8 Å². The first-order chi connectivity index (χ1) is 18.5. The number of aromatic nitrogens is 2. The van der Waals surface area contributed by atoms with Gasteiger partial charge >= 0.3 is 0 Å². The predicted molar refractivity (Wildman–Crippen MR) is 148 cm³/mol. The van der Waals surface area contributed by atoms with Crippen LogP contribution < -0.4 is 19.3 Å². The van der Waals surface area contributed by atoms with E-state index >= 15 is 0 Å². The molecule has 0 aliphatic carbocycles. The van der Waals surface area contributed by atoms with Gasteiger partial charge in [0.2, 0.25) is 5.95 Å². The van der Waals surface area contributed by atoms with E-state index in [9.17, 15) is 9.59 Å². The molecule has 1 aromatic heterocycles. The van der Waals surface area contributed by atoms with Crippen molar-refractivity contribution >= 4 is 41.3 Å². The molecule has 0 bridgehead atoms. The molecule has 0 unspecified atom stereocenters. The Bertz CT molecular complexity index is 1370. The monoisotopic (exact) mass is 531 g/mol. The molecule has 5 rings (SSSR count). The lowest BCUT2D eigenvalue weighted by Gasteiger charge is -2.35. The van der Waals surface area contributed by atoms with Gasteiger partial charge in [-0.3, -0.25) is 9.59 Å². The lowest BCUT2D eigenvalue weighted by Crippen LogP contribution is -2.49. The summed E-state index contributed by atoms with van der Waals surface area (Å²) in [6.45, 7) is 4.95. The molecule has 2 aliphatic rings. The number of anilines is 2. The minimum Gasteiger partial charge on any atom is -0.493 e. The van der Waals surface area contributed by atoms with Gasteiger partial charge in [-0.25, -0.2) is 9.97 Å². The Labute approximate surface area is 226 Å². The summed E-state index contributed by atoms with van der Waals surface area (Å²) in [5, 5.41) is 0. The van der Waals surface area contributed by atoms with E-state index in [1.165, 1.54) is 11.8 Å². The molecule has 1 saturated heterocycles. The predicted octanol–water partition coefficient (Wildman–Crippen LogP) is 3.96. The van der Waals surface area contributed by atoms with Crippen molar-refractivity contribution in [2.75, 3.05) is 56.7 Å². The number of carbonyl (C=O) groups is 2. The number of rotatable bonds is 6. The number of amides is 2. The summed E-state index contributed by atoms with van der Waals surface area (Å²) < 4.78 is 11.0. The summed E-state index contributed by atoms with van der Waals surface area (Å²) in [5.74, 6) is 1.78. The lowest BCUT2D eigenvalue weighted by molar-refractivity contribution is -0.114. The topological polar surface area (TPSA) is 88.1 Å². The molecule has 1 fully saturated rings. The zero-order valence-corrected chi connectivity index (χ0v) is 22.4. The number of ether oxygens (including phenoxy) is 2. The molecule has 2 aliphatic heterocycles. The maximum Gasteiger partial charge on any atom is 0.264 e. The first-order valence-corrected chi connectivity index (χ1v) is 13.2. The third-order valence-electron chi connectivity index (χ3n) is 6.49. The van der Waals surface area contributed by atoms with Crippen LogP contribution in [0.2, 0.25) is 0 Å². The lowest BCUT2D eigenvalue weighted by atomic mass is 10.1. The van der Waals surface area contributed by atoms with E-state index < -0.39 is 0 Å². The summed E-state index contributed by atoms with van der Waals surface area (Å²) in [6, 6.07) is 12.9. The summed E-state index contributed by atoms with van der Waals surface area (Å²) in [6.07, 6.45) is 5.29. The zero-order chi connectivity index (χ0) is 26.6. The van der Waals surface area contributed by atoms with Crippen LogP contribution in [0.25, 0.3) is 6.08 Å². The van der Waals surface area contributed by atoms with Gasteiger partial charge in [0.05, 0.1) is 24.3 Å². The summed E-state index contributed by atoms with van der Waals surface area (Å²) >= 11 is 1.40. The van der Waals surface area contributed by atoms with Crippen molar-refractivity contribution in [1.82, 2.24) is 14.9 Å². The SMILES string of the molecule is CCOc1ccc(C=C2Sc3ccc(C(=O)N4CCN(c5ncccn5)CC4)cc3N(C)C2=O)cc1OC. The molecule has 2 amide bonds. The number of likely N-dealkylation sites (N-methyl/N-ethyl adjacent to an activating group) is 1. The second kappa shape index (κ2) is 11.1. The minimum atomic E-state index is -0.128. The number of thioether (sulfide) groups is 1. The molecule has 0 saturated carbocycles. The molecular formula is C28H29N5O4S. The Morgan fingerprint density at radius 3 is 2.53 bits per heavy atom. The van der Waals surface area contributed by atoms with Crippen molar-refractivity contribution in [3.63, 3.8) is 0 Å². The first-order valence-electron chi connectivity index (χ1n) is 12.4. The van der Waals surface area contributed by atoms with E-state index in [0.717, 1.165) is 16.1 Å². The number of hydrogen-bond donors (Lipinski definition) is 0. The van der Waals surface area contributed by atoms with E-state index in [1.807, 2.05) is 54.3 Å². The van der Waals surface area contributed by atoms with Gasteiger partial charge in [-0.05, 0) is 55.0 Å². The van der Waals surface area contributed by atoms with Crippen LogP contribution in [0.15, 0.2) is 64.7 Å². The highest BCUT2D eigenvalue weighted by Crippen LogP contribution is 2.42. The van der Waals surface area contributed by atoms with Crippen LogP contribution in [0, 0.1) is 0 Å². The molecule has 0 N–H and O–H groups in total. The highest BCUT2D eigenvalue weighted by Gasteiger charge is 2.29. The molecule has 10 heteroatoms. The van der Waals surface area contributed by atoms with E-state index in [0.29, 0.717) is 60.7 Å². The van der Waals surface area contributed by atoms with Crippen LogP contribution in [0.1, 0.15) is 22.8 Å². The second-order valence-corrected chi connectivity index (χ2v) is 9.91. The van der Waals surface area contributed by atoms with Crippen LogP contribution in [0.4, 0.5) is 11.6 Å². The van der Waals surface area contributed by atoms with Crippen LogP contribution in [0.5, 0.6) is 11.5 Å². The minimum absolute atomic E-state index is 0.0462. The van der Waals surface area contributed by atoms with Gasteiger partial charge in [0.25, 0.3) is 11.8 Å². The van der Waals surface area contributed by atoms with Gasteiger partial charge in [0.1, 0.15) is 0 Å². The zero-order valence-electron chi connectivity index (χ0n) is 21.6. The highest BCUT2D eigenvalue weighted by molar-refractivity contribution is 8.04. The summed E-state index contributed by atoms with van der Waals surface area (Å²) in [7, 11) is 3.33. The summed E-state index contributed by atoms with van der Waals surface area (Å²) in [4.78, 5) is 42.1. The fraction of sp³-hybridized carbons (Fsp3) is 0.286. The second-order valence-electron chi connectivity index (χ2n) is 8.83. The Kier molecular flexibility index (Phi) is 7.50. The van der Waals surface area contributed by atoms with Crippen molar-refractivity contribution in [2.45, 2.75) is 11.8 Å². The molecule has 0 spiro atoms. The van der Waals surface area contributed by atoms with E-state index in [2.05, 4.69) is 14.9 Å². The van der Waals surface area contributed by atoms with Gasteiger partial charge < -0.3 is 24.2 Å². The number of carbonyl (C=O) groups excluding carboxylic acids is 2. The van der Waals surface area contributed by atoms with Gasteiger partial charge in [-0.15, -0.1) is 0 Å². The number of nitrogens with zero attached hydrogens (tertiary/aromatic N) is 5. The molecule has 3 aromatic rings. The highest BCUT2D eigenvalue weighted by atomic mass is 32.2. The van der Waals surface area contributed by atoms with Crippen molar-refractivity contribution in [3.05, 3.63) is 70.9 Å². The van der Waals surface area contributed by atoms with Crippen LogP contribution in [0.3, 0.4) is 0 Å². The molecule has 2 aromatic carbocycles. The van der Waals surface area contributed by atoms with Gasteiger partial charge in [-0.1, -0.05) is 17.8 Å². The van der Waals surface area contributed by atoms with Gasteiger partial charge in [0.15, 0.2) is 11.5 Å². The molecule has 9 nitrogen and oxygen atoms in total. The van der Waals surface area contributed by atoms with Crippen LogP contribution in [-0.2, 0) is 4.79 Å². The Morgan fingerprint density at radius 2 is 1.82 bits per heavy atom. The average Bonchev–Trinajstić information content (AvgIpc) is 2.96. The molecular weight excluding hydrogens is 502 g/mol. The van der Waals surface area contributed by atoms with Crippen molar-refractivity contribution < 1.29 is 19.1 Å². The Balaban J connectivity index is 1.31. The molecule has 3 heterocycles. The molecule has 38 heavy (non-hydrogen) atoms. The van der Waals surface area contributed by atoms with Gasteiger partial charge in [0, 0.05) is 56.1 Å². The van der Waals surface area contributed by atoms with Crippen LogP contribution in [-0.4, -0.2) is 73.6 Å². The standard InChI is InChI=1S/C28H29N5O4S/c1-4-37-22-8-6-19(16-23(22)36-3)17-25-27(35)31(2)21-18-20(7-9-24(21)38-25)26(34)32-12-14-33(15-13-32)28-29-10-5-11-30-28/h5-11,16-18H,4,12-15H2,1-3H3. The number of piperazine rings is 1. The number of hydrogen-bond acceptors (Lipinski definition) is 8. The van der Waals surface area contributed by atoms with E-state index in [1.54, 1.807) is 37.5 Å². The fourth-order valence-corrected chi connectivity index (χ4v) is 5.57. The largest absolute Gasteiger partial charge is 0.493 e. The van der Waals surface area contributed by atoms with Crippen molar-refractivity contribution in [2.24, 2.45) is 0 Å². The number of methoxy groups -OCH3 is 1. The van der Waals surface area contributed by atoms with Crippen molar-refractivity contribution in [3.8, 4) is 11.5 Å². The fourth-order valence-electron chi connectivity index (χ4n) is 4.47. The summed E-state index contributed by atoms with van der Waals surface area (Å²) in [5.41, 5.74) is 2.13. The van der Waals surface area contributed by atoms with E-state index in [4.69, 9.17) is 9.47 Å². The Morgan fingerprint density at radius 1 is 1.05 bits per heavy atom. The normalized spacial score (nSPS) is 16.4. The first kappa shape index (κ1) is 25.6. The van der Waals surface area contributed by atoms with Gasteiger partial charge in [-0.2, -0.15) is 0 Å². The maximum atomic E-state index is 13.3. The number of benzene rings is 2.